The van der Waals surface area contributed by atoms with Gasteiger partial charge in [-0.2, -0.15) is 11.8 Å². The van der Waals surface area contributed by atoms with Gasteiger partial charge in [0.15, 0.2) is 0 Å². The lowest BCUT2D eigenvalue weighted by Crippen LogP contribution is -2.20. The Hall–Kier alpha value is -0.740. The predicted molar refractivity (Wildman–Crippen MR) is 84.6 cm³/mol. The van der Waals surface area contributed by atoms with E-state index in [1.54, 1.807) is 7.11 Å². The molecule has 0 amide bonds. The Labute approximate surface area is 126 Å². The fourth-order valence-corrected chi connectivity index (χ4v) is 4.15. The van der Waals surface area contributed by atoms with Crippen LogP contribution in [-0.2, 0) is 6.42 Å². The van der Waals surface area contributed by atoms with E-state index in [0.717, 1.165) is 29.0 Å². The van der Waals surface area contributed by atoms with Gasteiger partial charge in [-0.15, -0.1) is 0 Å². The van der Waals surface area contributed by atoms with Crippen molar-refractivity contribution in [3.8, 4) is 5.75 Å². The van der Waals surface area contributed by atoms with Gasteiger partial charge >= 0.3 is 0 Å². The number of hydrogen-bond acceptors (Lipinski definition) is 4. The Morgan fingerprint density at radius 1 is 1.40 bits per heavy atom. The molecule has 1 fully saturated rings. The third kappa shape index (κ3) is 3.89. The molecule has 0 aromatic carbocycles. The second-order valence-electron chi connectivity index (χ2n) is 5.70. The van der Waals surface area contributed by atoms with Crippen LogP contribution in [0, 0.1) is 19.8 Å². The van der Waals surface area contributed by atoms with Crippen LogP contribution in [0.2, 0.25) is 0 Å². The molecule has 1 N–H and O–H groups in total. The van der Waals surface area contributed by atoms with E-state index in [4.69, 9.17) is 4.74 Å². The topological polar surface area (TPSA) is 42.4 Å². The standard InChI is InChI=1S/C16H25NO2S/c1-11-10-17-15(12(2)16(11)19-3)9-14(18)8-13-4-6-20-7-5-13/h10,13-14,18H,4-9H2,1-3H3. The molecule has 1 aromatic heterocycles. The molecule has 1 aromatic rings. The minimum absolute atomic E-state index is 0.290. The first kappa shape index (κ1) is 15.6. The Morgan fingerprint density at radius 3 is 2.75 bits per heavy atom. The van der Waals surface area contributed by atoms with Gasteiger partial charge in [0.05, 0.1) is 13.2 Å². The van der Waals surface area contributed by atoms with Crippen LogP contribution in [-0.4, -0.2) is 34.8 Å². The molecule has 0 radical (unpaired) electrons. The van der Waals surface area contributed by atoms with E-state index >= 15 is 0 Å². The highest BCUT2D eigenvalue weighted by molar-refractivity contribution is 7.99. The highest BCUT2D eigenvalue weighted by atomic mass is 32.2. The summed E-state index contributed by atoms with van der Waals surface area (Å²) in [6.45, 7) is 4.02. The molecule has 112 valence electrons. The van der Waals surface area contributed by atoms with Gasteiger partial charge in [0, 0.05) is 29.4 Å². The Morgan fingerprint density at radius 2 is 2.10 bits per heavy atom. The SMILES string of the molecule is COc1c(C)cnc(CC(O)CC2CCSCC2)c1C. The molecule has 0 saturated carbocycles. The second-order valence-corrected chi connectivity index (χ2v) is 6.92. The van der Waals surface area contributed by atoms with E-state index < -0.39 is 0 Å². The van der Waals surface area contributed by atoms with Gasteiger partial charge in [0.1, 0.15) is 5.75 Å². The highest BCUT2D eigenvalue weighted by Crippen LogP contribution is 2.29. The van der Waals surface area contributed by atoms with Gasteiger partial charge < -0.3 is 9.84 Å². The monoisotopic (exact) mass is 295 g/mol. The summed E-state index contributed by atoms with van der Waals surface area (Å²) in [7, 11) is 1.69. The number of ether oxygens (including phenoxy) is 1. The molecule has 0 spiro atoms. The number of aromatic nitrogens is 1. The van der Waals surface area contributed by atoms with Crippen molar-refractivity contribution >= 4 is 11.8 Å². The number of pyridine rings is 1. The van der Waals surface area contributed by atoms with Gasteiger partial charge in [-0.3, -0.25) is 4.98 Å². The summed E-state index contributed by atoms with van der Waals surface area (Å²) in [5, 5.41) is 10.3. The third-order valence-electron chi connectivity index (χ3n) is 4.13. The molecule has 2 rings (SSSR count). The van der Waals surface area contributed by atoms with Gasteiger partial charge in [-0.05, 0) is 50.5 Å². The number of thioether (sulfide) groups is 1. The molecule has 1 unspecified atom stereocenters. The first-order valence-corrected chi connectivity index (χ1v) is 8.52. The Balaban J connectivity index is 1.98. The molecular weight excluding hydrogens is 270 g/mol. The van der Waals surface area contributed by atoms with Crippen molar-refractivity contribution in [3.63, 3.8) is 0 Å². The van der Waals surface area contributed by atoms with Crippen molar-refractivity contribution in [1.29, 1.82) is 0 Å². The van der Waals surface area contributed by atoms with Crippen LogP contribution in [0.3, 0.4) is 0 Å². The van der Waals surface area contributed by atoms with Gasteiger partial charge in [0.25, 0.3) is 0 Å². The number of rotatable bonds is 5. The van der Waals surface area contributed by atoms with E-state index in [2.05, 4.69) is 4.98 Å². The molecule has 1 aliphatic heterocycles. The van der Waals surface area contributed by atoms with E-state index in [1.807, 2.05) is 31.8 Å². The van der Waals surface area contributed by atoms with Crippen LogP contribution in [0.15, 0.2) is 6.20 Å². The summed E-state index contributed by atoms with van der Waals surface area (Å²) in [5.74, 6) is 4.07. The van der Waals surface area contributed by atoms with Crippen LogP contribution in [0.1, 0.15) is 36.1 Å². The lowest BCUT2D eigenvalue weighted by Gasteiger charge is -2.24. The molecule has 2 heterocycles. The van der Waals surface area contributed by atoms with Gasteiger partial charge in [0.2, 0.25) is 0 Å². The Bertz CT molecular complexity index is 444. The largest absolute Gasteiger partial charge is 0.496 e. The lowest BCUT2D eigenvalue weighted by atomic mass is 9.93. The summed E-state index contributed by atoms with van der Waals surface area (Å²) >= 11 is 2.03. The van der Waals surface area contributed by atoms with Crippen molar-refractivity contribution in [2.45, 2.75) is 45.6 Å². The van der Waals surface area contributed by atoms with Crippen LogP contribution in [0.25, 0.3) is 0 Å². The average molecular weight is 295 g/mol. The molecule has 1 aliphatic rings. The third-order valence-corrected chi connectivity index (χ3v) is 5.17. The number of aryl methyl sites for hydroxylation is 1. The maximum Gasteiger partial charge on any atom is 0.128 e. The van der Waals surface area contributed by atoms with Crippen molar-refractivity contribution in [2.24, 2.45) is 5.92 Å². The first-order chi connectivity index (χ1) is 9.61. The van der Waals surface area contributed by atoms with Gasteiger partial charge in [-0.1, -0.05) is 0 Å². The average Bonchev–Trinajstić information content (AvgIpc) is 2.44. The van der Waals surface area contributed by atoms with Gasteiger partial charge in [-0.25, -0.2) is 0 Å². The molecule has 1 saturated heterocycles. The number of nitrogens with zero attached hydrogens (tertiary/aromatic N) is 1. The van der Waals surface area contributed by atoms with Crippen molar-refractivity contribution in [3.05, 3.63) is 23.0 Å². The van der Waals surface area contributed by atoms with Crippen molar-refractivity contribution in [1.82, 2.24) is 4.98 Å². The lowest BCUT2D eigenvalue weighted by molar-refractivity contribution is 0.138. The molecular formula is C16H25NO2S. The quantitative estimate of drug-likeness (QED) is 0.906. The van der Waals surface area contributed by atoms with Crippen LogP contribution in [0.5, 0.6) is 5.75 Å². The number of aliphatic hydroxyl groups excluding tert-OH is 1. The van der Waals surface area contributed by atoms with Crippen molar-refractivity contribution in [2.75, 3.05) is 18.6 Å². The van der Waals surface area contributed by atoms with E-state index in [9.17, 15) is 5.11 Å². The maximum atomic E-state index is 10.3. The maximum absolute atomic E-state index is 10.3. The van der Waals surface area contributed by atoms with Crippen molar-refractivity contribution < 1.29 is 9.84 Å². The molecule has 20 heavy (non-hydrogen) atoms. The minimum Gasteiger partial charge on any atom is -0.496 e. The zero-order valence-corrected chi connectivity index (χ0v) is 13.5. The first-order valence-electron chi connectivity index (χ1n) is 7.36. The molecule has 4 heteroatoms. The summed E-state index contributed by atoms with van der Waals surface area (Å²) < 4.78 is 5.42. The number of aliphatic hydroxyl groups is 1. The molecule has 0 bridgehead atoms. The zero-order chi connectivity index (χ0) is 14.5. The zero-order valence-electron chi connectivity index (χ0n) is 12.7. The minimum atomic E-state index is -0.290. The summed E-state index contributed by atoms with van der Waals surface area (Å²) in [6.07, 6.45) is 5.56. The summed E-state index contributed by atoms with van der Waals surface area (Å²) in [6, 6.07) is 0. The molecule has 0 aliphatic carbocycles. The molecule has 1 atom stereocenters. The highest BCUT2D eigenvalue weighted by Gasteiger charge is 2.19. The van der Waals surface area contributed by atoms with E-state index in [1.165, 1.54) is 24.3 Å². The number of methoxy groups -OCH3 is 1. The second kappa shape index (κ2) is 7.32. The predicted octanol–water partition coefficient (Wildman–Crippen LogP) is 3.14. The smallest absolute Gasteiger partial charge is 0.128 e. The normalized spacial score (nSPS) is 18.0. The fourth-order valence-electron chi connectivity index (χ4n) is 2.95. The fraction of sp³-hybridized carbons (Fsp3) is 0.688. The Kier molecular flexibility index (Phi) is 5.73. The van der Waals surface area contributed by atoms with E-state index in [0.29, 0.717) is 12.3 Å². The van der Waals surface area contributed by atoms with E-state index in [-0.39, 0.29) is 6.10 Å². The van der Waals surface area contributed by atoms with Crippen LogP contribution in [0.4, 0.5) is 0 Å². The van der Waals surface area contributed by atoms with Crippen LogP contribution < -0.4 is 4.74 Å². The summed E-state index contributed by atoms with van der Waals surface area (Å²) in [5.41, 5.74) is 3.07. The summed E-state index contributed by atoms with van der Waals surface area (Å²) in [4.78, 5) is 4.48. The number of hydrogen-bond donors (Lipinski definition) is 1. The van der Waals surface area contributed by atoms with Crippen LogP contribution >= 0.6 is 11.8 Å². The molecule has 3 nitrogen and oxygen atoms in total.